The summed E-state index contributed by atoms with van der Waals surface area (Å²) in [7, 11) is -2.68. The third-order valence-corrected chi connectivity index (χ3v) is 9.26. The van der Waals surface area contributed by atoms with Crippen LogP contribution in [-0.4, -0.2) is 50.9 Å². The summed E-state index contributed by atoms with van der Waals surface area (Å²) in [4.78, 5) is 28.6. The molecule has 1 N–H and O–H groups in total. The molecule has 0 aliphatic carbocycles. The van der Waals surface area contributed by atoms with E-state index in [-0.39, 0.29) is 39.1 Å². The Hall–Kier alpha value is -3.27. The van der Waals surface area contributed by atoms with Gasteiger partial charge >= 0.3 is 0 Å². The maximum atomic E-state index is 14.0. The fourth-order valence-electron chi connectivity index (χ4n) is 4.02. The van der Waals surface area contributed by atoms with Crippen molar-refractivity contribution in [2.75, 3.05) is 18.0 Å². The van der Waals surface area contributed by atoms with Gasteiger partial charge in [0, 0.05) is 12.6 Å². The van der Waals surface area contributed by atoms with Gasteiger partial charge in [-0.3, -0.25) is 13.9 Å². The number of ether oxygens (including phenoxy) is 1. The Kier molecular flexibility index (Phi) is 11.1. The summed E-state index contributed by atoms with van der Waals surface area (Å²) in [5, 5.41) is 3.29. The number of nitrogens with one attached hydrogen (secondary N) is 1. The first-order valence-corrected chi connectivity index (χ1v) is 15.3. The van der Waals surface area contributed by atoms with Crippen molar-refractivity contribution in [3.05, 3.63) is 87.9 Å². The summed E-state index contributed by atoms with van der Waals surface area (Å²) in [6, 6.07) is 16.8. The Balaban J connectivity index is 2.06. The van der Waals surface area contributed by atoms with Gasteiger partial charge in [0.15, 0.2) is 0 Å². The van der Waals surface area contributed by atoms with Crippen molar-refractivity contribution in [3.63, 3.8) is 0 Å². The predicted molar refractivity (Wildman–Crippen MR) is 163 cm³/mol. The van der Waals surface area contributed by atoms with Crippen LogP contribution in [0.5, 0.6) is 5.75 Å². The van der Waals surface area contributed by atoms with Crippen molar-refractivity contribution in [2.24, 2.45) is 0 Å². The van der Waals surface area contributed by atoms with Crippen molar-refractivity contribution in [1.82, 2.24) is 10.2 Å². The number of hydrogen-bond donors (Lipinski definition) is 1. The number of sulfonamides is 1. The van der Waals surface area contributed by atoms with Crippen LogP contribution in [0, 0.1) is 6.92 Å². The van der Waals surface area contributed by atoms with Crippen LogP contribution in [0.4, 0.5) is 5.69 Å². The van der Waals surface area contributed by atoms with Crippen molar-refractivity contribution in [1.29, 1.82) is 0 Å². The van der Waals surface area contributed by atoms with Gasteiger partial charge < -0.3 is 15.0 Å². The highest BCUT2D eigenvalue weighted by atomic mass is 35.5. The lowest BCUT2D eigenvalue weighted by Crippen LogP contribution is -2.52. The van der Waals surface area contributed by atoms with E-state index in [1.165, 1.54) is 42.3 Å². The van der Waals surface area contributed by atoms with E-state index in [0.717, 1.165) is 9.87 Å². The quantitative estimate of drug-likeness (QED) is 0.275. The van der Waals surface area contributed by atoms with E-state index in [4.69, 9.17) is 27.9 Å². The van der Waals surface area contributed by atoms with E-state index in [0.29, 0.717) is 17.7 Å². The summed E-state index contributed by atoms with van der Waals surface area (Å²) in [5.41, 5.74) is 1.75. The molecular weight excluding hydrogens is 585 g/mol. The first-order chi connectivity index (χ1) is 19.4. The standard InChI is InChI=1S/C30H35Cl2N3O5S/c1-6-21(3)33-30(37)22(4)34(18-23-8-7-9-25(16-23)40-5)29(36)19-35(24-12-15-27(31)28(32)17-24)41(38,39)26-13-10-20(2)11-14-26/h7-17,21-22H,6,18-19H2,1-5H3,(H,33,37)/t21-,22-/m1/s1. The van der Waals surface area contributed by atoms with E-state index in [1.807, 2.05) is 26.8 Å². The highest BCUT2D eigenvalue weighted by Crippen LogP contribution is 2.31. The number of aryl methyl sites for hydroxylation is 1. The van der Waals surface area contributed by atoms with Crippen LogP contribution < -0.4 is 14.4 Å². The molecule has 0 saturated heterocycles. The van der Waals surface area contributed by atoms with E-state index in [1.54, 1.807) is 37.3 Å². The Morgan fingerprint density at radius 1 is 0.976 bits per heavy atom. The normalized spacial score (nSPS) is 12.8. The number of amides is 2. The number of anilines is 1. The first kappa shape index (κ1) is 32.2. The molecule has 0 aliphatic rings. The number of halogens is 2. The second kappa shape index (κ2) is 14.1. The molecule has 0 fully saturated rings. The summed E-state index contributed by atoms with van der Waals surface area (Å²) >= 11 is 12.4. The molecule has 0 aromatic heterocycles. The van der Waals surface area contributed by atoms with Gasteiger partial charge in [-0.2, -0.15) is 0 Å². The lowest BCUT2D eigenvalue weighted by molar-refractivity contribution is -0.139. The fraction of sp³-hybridized carbons (Fsp3) is 0.333. The molecule has 2 amide bonds. The first-order valence-electron chi connectivity index (χ1n) is 13.1. The highest BCUT2D eigenvalue weighted by Gasteiger charge is 2.33. The summed E-state index contributed by atoms with van der Waals surface area (Å²) < 4.78 is 34.1. The zero-order chi connectivity index (χ0) is 30.3. The molecule has 11 heteroatoms. The zero-order valence-corrected chi connectivity index (χ0v) is 26.1. The molecule has 0 spiro atoms. The van der Waals surface area contributed by atoms with Crippen molar-refractivity contribution < 1.29 is 22.7 Å². The van der Waals surface area contributed by atoms with Crippen LogP contribution >= 0.6 is 23.2 Å². The Morgan fingerprint density at radius 3 is 2.27 bits per heavy atom. The minimum absolute atomic E-state index is 0.00359. The van der Waals surface area contributed by atoms with Gasteiger partial charge in [0.25, 0.3) is 10.0 Å². The summed E-state index contributed by atoms with van der Waals surface area (Å²) in [6.45, 7) is 6.75. The highest BCUT2D eigenvalue weighted by molar-refractivity contribution is 7.92. The van der Waals surface area contributed by atoms with Crippen LogP contribution in [0.15, 0.2) is 71.6 Å². The third kappa shape index (κ3) is 8.15. The minimum atomic E-state index is -4.22. The molecule has 3 aromatic carbocycles. The largest absolute Gasteiger partial charge is 0.497 e. The number of carbonyl (C=O) groups excluding carboxylic acids is 2. The molecule has 0 radical (unpaired) electrons. The third-order valence-electron chi connectivity index (χ3n) is 6.73. The molecule has 0 aliphatic heterocycles. The Labute approximate surface area is 252 Å². The average molecular weight is 621 g/mol. The zero-order valence-electron chi connectivity index (χ0n) is 23.7. The van der Waals surface area contributed by atoms with Crippen LogP contribution in [0.2, 0.25) is 10.0 Å². The van der Waals surface area contributed by atoms with E-state index >= 15 is 0 Å². The van der Waals surface area contributed by atoms with Gasteiger partial charge in [-0.1, -0.05) is 60.0 Å². The van der Waals surface area contributed by atoms with Gasteiger partial charge in [0.05, 0.1) is 27.7 Å². The SMILES string of the molecule is CC[C@@H](C)NC(=O)[C@@H](C)N(Cc1cccc(OC)c1)C(=O)CN(c1ccc(Cl)c(Cl)c1)S(=O)(=O)c1ccc(C)cc1. The maximum Gasteiger partial charge on any atom is 0.264 e. The van der Waals surface area contributed by atoms with Gasteiger partial charge in [0.1, 0.15) is 18.3 Å². The van der Waals surface area contributed by atoms with Crippen molar-refractivity contribution in [3.8, 4) is 5.75 Å². The topological polar surface area (TPSA) is 96.0 Å². The average Bonchev–Trinajstić information content (AvgIpc) is 2.95. The number of rotatable bonds is 12. The van der Waals surface area contributed by atoms with E-state index < -0.39 is 28.5 Å². The minimum Gasteiger partial charge on any atom is -0.497 e. The second-order valence-electron chi connectivity index (χ2n) is 9.79. The molecular formula is C30H35Cl2N3O5S. The number of nitrogens with zero attached hydrogens (tertiary/aromatic N) is 2. The number of benzene rings is 3. The van der Waals surface area contributed by atoms with Crippen LogP contribution in [0.1, 0.15) is 38.3 Å². The van der Waals surface area contributed by atoms with Crippen molar-refractivity contribution >= 4 is 50.7 Å². The van der Waals surface area contributed by atoms with Gasteiger partial charge in [-0.05, 0) is 75.2 Å². The smallest absolute Gasteiger partial charge is 0.264 e. The lowest BCUT2D eigenvalue weighted by atomic mass is 10.1. The van der Waals surface area contributed by atoms with Gasteiger partial charge in [0.2, 0.25) is 11.8 Å². The summed E-state index contributed by atoms with van der Waals surface area (Å²) in [5.74, 6) is -0.342. The maximum absolute atomic E-state index is 14.0. The molecule has 0 saturated carbocycles. The molecule has 2 atom stereocenters. The number of hydrogen-bond acceptors (Lipinski definition) is 5. The van der Waals surface area contributed by atoms with Crippen LogP contribution in [0.3, 0.4) is 0 Å². The molecule has 0 unspecified atom stereocenters. The van der Waals surface area contributed by atoms with Crippen LogP contribution in [0.25, 0.3) is 0 Å². The Morgan fingerprint density at radius 2 is 1.66 bits per heavy atom. The molecule has 41 heavy (non-hydrogen) atoms. The van der Waals surface area contributed by atoms with E-state index in [2.05, 4.69) is 5.32 Å². The number of carbonyl (C=O) groups is 2. The molecule has 3 rings (SSSR count). The molecule has 220 valence electrons. The van der Waals surface area contributed by atoms with Crippen LogP contribution in [-0.2, 0) is 26.2 Å². The fourth-order valence-corrected chi connectivity index (χ4v) is 5.72. The summed E-state index contributed by atoms with van der Waals surface area (Å²) in [6.07, 6.45) is 0.711. The lowest BCUT2D eigenvalue weighted by Gasteiger charge is -2.32. The van der Waals surface area contributed by atoms with Crippen molar-refractivity contribution in [2.45, 2.75) is 57.6 Å². The molecule has 0 bridgehead atoms. The number of methoxy groups -OCH3 is 1. The Bertz CT molecular complexity index is 1480. The van der Waals surface area contributed by atoms with Gasteiger partial charge in [-0.25, -0.2) is 8.42 Å². The van der Waals surface area contributed by atoms with Gasteiger partial charge in [-0.15, -0.1) is 0 Å². The van der Waals surface area contributed by atoms with E-state index in [9.17, 15) is 18.0 Å². The molecule has 0 heterocycles. The molecule has 3 aromatic rings. The molecule has 8 nitrogen and oxygen atoms in total. The monoisotopic (exact) mass is 619 g/mol. The predicted octanol–water partition coefficient (Wildman–Crippen LogP) is 5.84. The second-order valence-corrected chi connectivity index (χ2v) is 12.5.